The lowest BCUT2D eigenvalue weighted by molar-refractivity contribution is -0.154. The van der Waals surface area contributed by atoms with E-state index in [-0.39, 0.29) is 25.7 Å². The molecule has 5 rings (SSSR count). The van der Waals surface area contributed by atoms with Crippen LogP contribution in [0.4, 0.5) is 4.79 Å². The van der Waals surface area contributed by atoms with Crippen molar-refractivity contribution in [2.45, 2.75) is 37.6 Å². The summed E-state index contributed by atoms with van der Waals surface area (Å²) in [6, 6.07) is 23.0. The standard InChI is InChI=1S/C29H28N2O6/c1-18(28(34)36-16-19-9-3-2-4-10-19)31-15-25(32)26(27(31)33)30-29(35)37-17-24-22-13-7-5-11-20(22)21-12-6-8-14-23(21)24/h2-14,18,24-26,32H,15-17H2,1H3,(H,30,35). The molecule has 2 aliphatic rings. The average molecular weight is 501 g/mol. The molecule has 3 aromatic rings. The minimum atomic E-state index is -1.21. The number of amides is 2. The number of aliphatic hydroxyl groups excluding tert-OH is 1. The van der Waals surface area contributed by atoms with Gasteiger partial charge in [-0.25, -0.2) is 9.59 Å². The molecule has 2 amide bonds. The number of alkyl carbamates (subject to hydrolysis) is 1. The van der Waals surface area contributed by atoms with Crippen LogP contribution in [0.15, 0.2) is 78.9 Å². The highest BCUT2D eigenvalue weighted by Crippen LogP contribution is 2.44. The number of carbonyl (C=O) groups excluding carboxylic acids is 3. The van der Waals surface area contributed by atoms with Gasteiger partial charge in [0.05, 0.1) is 6.54 Å². The minimum absolute atomic E-state index is 0.0794. The molecule has 0 radical (unpaired) electrons. The molecule has 1 fully saturated rings. The summed E-state index contributed by atoms with van der Waals surface area (Å²) in [5, 5.41) is 12.9. The molecule has 0 bridgehead atoms. The molecule has 0 saturated carbocycles. The fourth-order valence-electron chi connectivity index (χ4n) is 4.99. The Bertz CT molecular complexity index is 1270. The van der Waals surface area contributed by atoms with Crippen LogP contribution in [0.1, 0.15) is 29.5 Å². The second-order valence-electron chi connectivity index (χ2n) is 9.27. The van der Waals surface area contributed by atoms with Crippen LogP contribution in [0.5, 0.6) is 0 Å². The smallest absolute Gasteiger partial charge is 0.407 e. The van der Waals surface area contributed by atoms with Crippen molar-refractivity contribution in [2.24, 2.45) is 0 Å². The molecule has 0 aromatic heterocycles. The van der Waals surface area contributed by atoms with E-state index >= 15 is 0 Å². The summed E-state index contributed by atoms with van der Waals surface area (Å²) in [6.07, 6.45) is -1.99. The van der Waals surface area contributed by atoms with Gasteiger partial charge in [0.1, 0.15) is 31.4 Å². The molecule has 1 aliphatic carbocycles. The second-order valence-corrected chi connectivity index (χ2v) is 9.27. The number of aliphatic hydroxyl groups is 1. The monoisotopic (exact) mass is 500 g/mol. The molecule has 3 unspecified atom stereocenters. The molecule has 190 valence electrons. The van der Waals surface area contributed by atoms with Gasteiger partial charge in [-0.1, -0.05) is 78.9 Å². The summed E-state index contributed by atoms with van der Waals surface area (Å²) in [6.45, 7) is 1.60. The molecule has 3 aromatic carbocycles. The lowest BCUT2D eigenvalue weighted by atomic mass is 9.98. The van der Waals surface area contributed by atoms with E-state index in [0.717, 1.165) is 27.8 Å². The molecular formula is C29H28N2O6. The zero-order valence-corrected chi connectivity index (χ0v) is 20.4. The Morgan fingerprint density at radius 1 is 0.946 bits per heavy atom. The van der Waals surface area contributed by atoms with Gasteiger partial charge in [0, 0.05) is 5.92 Å². The Hall–Kier alpha value is -4.17. The van der Waals surface area contributed by atoms with E-state index in [1.54, 1.807) is 0 Å². The summed E-state index contributed by atoms with van der Waals surface area (Å²) in [5.41, 5.74) is 5.19. The first-order chi connectivity index (χ1) is 17.9. The summed E-state index contributed by atoms with van der Waals surface area (Å²) in [7, 11) is 0. The summed E-state index contributed by atoms with van der Waals surface area (Å²) in [5.74, 6) is -1.28. The van der Waals surface area contributed by atoms with Crippen LogP contribution in [-0.2, 0) is 25.7 Å². The number of benzene rings is 3. The molecule has 1 aliphatic heterocycles. The average Bonchev–Trinajstić information content (AvgIpc) is 3.39. The normalized spacial score (nSPS) is 19.2. The molecule has 0 spiro atoms. The first-order valence-electron chi connectivity index (χ1n) is 12.2. The van der Waals surface area contributed by atoms with Gasteiger partial charge in [0.25, 0.3) is 0 Å². The van der Waals surface area contributed by atoms with Crippen molar-refractivity contribution in [1.82, 2.24) is 10.2 Å². The number of carbonyl (C=O) groups is 3. The molecule has 3 atom stereocenters. The highest BCUT2D eigenvalue weighted by atomic mass is 16.5. The van der Waals surface area contributed by atoms with E-state index in [1.807, 2.05) is 78.9 Å². The molecule has 8 heteroatoms. The van der Waals surface area contributed by atoms with E-state index in [9.17, 15) is 19.5 Å². The van der Waals surface area contributed by atoms with Crippen LogP contribution >= 0.6 is 0 Å². The van der Waals surface area contributed by atoms with E-state index < -0.39 is 36.2 Å². The predicted molar refractivity (Wildman–Crippen MR) is 135 cm³/mol. The van der Waals surface area contributed by atoms with Crippen LogP contribution < -0.4 is 5.32 Å². The number of rotatable bonds is 7. The molecule has 1 saturated heterocycles. The van der Waals surface area contributed by atoms with Crippen LogP contribution in [0.2, 0.25) is 0 Å². The topological polar surface area (TPSA) is 105 Å². The van der Waals surface area contributed by atoms with Crippen LogP contribution in [0, 0.1) is 0 Å². The highest BCUT2D eigenvalue weighted by molar-refractivity contribution is 5.92. The van der Waals surface area contributed by atoms with E-state index in [1.165, 1.54) is 11.8 Å². The number of nitrogens with one attached hydrogen (secondary N) is 1. The lowest BCUT2D eigenvalue weighted by Crippen LogP contribution is -2.48. The maximum Gasteiger partial charge on any atom is 0.407 e. The Kier molecular flexibility index (Phi) is 6.92. The third kappa shape index (κ3) is 4.93. The van der Waals surface area contributed by atoms with Gasteiger partial charge >= 0.3 is 12.1 Å². The Morgan fingerprint density at radius 2 is 1.54 bits per heavy atom. The van der Waals surface area contributed by atoms with E-state index in [2.05, 4.69) is 5.32 Å². The highest BCUT2D eigenvalue weighted by Gasteiger charge is 2.44. The first-order valence-corrected chi connectivity index (χ1v) is 12.2. The number of hydrogen-bond acceptors (Lipinski definition) is 6. The quantitative estimate of drug-likeness (QED) is 0.483. The van der Waals surface area contributed by atoms with Crippen LogP contribution in [0.25, 0.3) is 11.1 Å². The van der Waals surface area contributed by atoms with Gasteiger partial charge in [-0.05, 0) is 34.7 Å². The molecule has 37 heavy (non-hydrogen) atoms. The Labute approximate surface area is 214 Å². The second kappa shape index (κ2) is 10.4. The van der Waals surface area contributed by atoms with Crippen molar-refractivity contribution in [3.05, 3.63) is 95.6 Å². The number of β-amino-alcohol motifs (C(OH)–C–C–N with tert-alkyl or cyclic N) is 1. The fraction of sp³-hybridized carbons (Fsp3) is 0.276. The van der Waals surface area contributed by atoms with Gasteiger partial charge < -0.3 is 24.8 Å². The maximum absolute atomic E-state index is 12.9. The van der Waals surface area contributed by atoms with E-state index in [0.29, 0.717) is 0 Å². The summed E-state index contributed by atoms with van der Waals surface area (Å²) >= 11 is 0. The fourth-order valence-corrected chi connectivity index (χ4v) is 4.99. The van der Waals surface area contributed by atoms with Crippen molar-refractivity contribution in [2.75, 3.05) is 13.2 Å². The van der Waals surface area contributed by atoms with Crippen molar-refractivity contribution >= 4 is 18.0 Å². The van der Waals surface area contributed by atoms with Gasteiger partial charge in [-0.15, -0.1) is 0 Å². The number of fused-ring (bicyclic) bond motifs is 3. The van der Waals surface area contributed by atoms with Gasteiger partial charge in [0.15, 0.2) is 0 Å². The number of likely N-dealkylation sites (tertiary alicyclic amines) is 1. The van der Waals surface area contributed by atoms with E-state index in [4.69, 9.17) is 9.47 Å². The largest absolute Gasteiger partial charge is 0.459 e. The number of nitrogens with zero attached hydrogens (tertiary/aromatic N) is 1. The third-order valence-electron chi connectivity index (χ3n) is 6.97. The summed E-state index contributed by atoms with van der Waals surface area (Å²) < 4.78 is 10.8. The van der Waals surface area contributed by atoms with Crippen molar-refractivity contribution in [3.63, 3.8) is 0 Å². The lowest BCUT2D eigenvalue weighted by Gasteiger charge is -2.23. The molecule has 8 nitrogen and oxygen atoms in total. The third-order valence-corrected chi connectivity index (χ3v) is 6.97. The van der Waals surface area contributed by atoms with Crippen LogP contribution in [-0.4, -0.2) is 59.3 Å². The zero-order chi connectivity index (χ0) is 25.9. The minimum Gasteiger partial charge on any atom is -0.459 e. The first kappa shape index (κ1) is 24.5. The SMILES string of the molecule is CC(C(=O)OCc1ccccc1)N1CC(O)C(NC(=O)OCC2c3ccccc3-c3ccccc32)C1=O. The van der Waals surface area contributed by atoms with Crippen molar-refractivity contribution < 1.29 is 29.0 Å². The predicted octanol–water partition coefficient (Wildman–Crippen LogP) is 3.23. The molecule has 1 heterocycles. The number of hydrogen-bond donors (Lipinski definition) is 2. The summed E-state index contributed by atoms with van der Waals surface area (Å²) in [4.78, 5) is 39.3. The Morgan fingerprint density at radius 3 is 2.19 bits per heavy atom. The molecular weight excluding hydrogens is 472 g/mol. The number of esters is 1. The number of ether oxygens (including phenoxy) is 2. The van der Waals surface area contributed by atoms with Gasteiger partial charge in [0.2, 0.25) is 5.91 Å². The molecule has 2 N–H and O–H groups in total. The van der Waals surface area contributed by atoms with Gasteiger partial charge in [-0.3, -0.25) is 4.79 Å². The zero-order valence-electron chi connectivity index (χ0n) is 20.4. The van der Waals surface area contributed by atoms with Crippen molar-refractivity contribution in [3.8, 4) is 11.1 Å². The van der Waals surface area contributed by atoms with Crippen LogP contribution in [0.3, 0.4) is 0 Å². The Balaban J connectivity index is 1.17. The van der Waals surface area contributed by atoms with Crippen molar-refractivity contribution in [1.29, 1.82) is 0 Å². The maximum atomic E-state index is 12.9. The van der Waals surface area contributed by atoms with Gasteiger partial charge in [-0.2, -0.15) is 0 Å².